The molecule has 0 aliphatic carbocycles. The van der Waals surface area contributed by atoms with E-state index < -0.39 is 11.7 Å². The number of hydrogen-bond donors (Lipinski definition) is 0. The van der Waals surface area contributed by atoms with Crippen LogP contribution in [0.15, 0.2) is 36.5 Å². The van der Waals surface area contributed by atoms with Crippen molar-refractivity contribution in [2.75, 3.05) is 13.6 Å². The van der Waals surface area contributed by atoms with Gasteiger partial charge in [-0.3, -0.25) is 4.98 Å². The van der Waals surface area contributed by atoms with E-state index >= 15 is 0 Å². The van der Waals surface area contributed by atoms with E-state index in [-0.39, 0.29) is 0 Å². The van der Waals surface area contributed by atoms with Gasteiger partial charge in [-0.1, -0.05) is 12.1 Å². The van der Waals surface area contributed by atoms with Crippen LogP contribution in [0.2, 0.25) is 0 Å². The zero-order chi connectivity index (χ0) is 20.1. The largest absolute Gasteiger partial charge is 0.416 e. The van der Waals surface area contributed by atoms with Crippen LogP contribution < -0.4 is 0 Å². The minimum Gasteiger partial charge on any atom is -0.320 e. The van der Waals surface area contributed by atoms with Crippen LogP contribution in [0.5, 0.6) is 0 Å². The predicted molar refractivity (Wildman–Crippen MR) is 106 cm³/mol. The number of pyridine rings is 1. The summed E-state index contributed by atoms with van der Waals surface area (Å²) >= 11 is 0. The van der Waals surface area contributed by atoms with Crippen LogP contribution in [0, 0.1) is 6.92 Å². The first-order chi connectivity index (χ1) is 13.2. The lowest BCUT2D eigenvalue weighted by Gasteiger charge is -2.23. The lowest BCUT2D eigenvalue weighted by Crippen LogP contribution is -2.26. The van der Waals surface area contributed by atoms with Crippen LogP contribution in [0.4, 0.5) is 13.2 Å². The summed E-state index contributed by atoms with van der Waals surface area (Å²) in [5.74, 6) is 0. The number of hydrogen-bond acceptors (Lipinski definition) is 2. The Morgan fingerprint density at radius 1 is 1.18 bits per heavy atom. The van der Waals surface area contributed by atoms with Gasteiger partial charge < -0.3 is 9.47 Å². The molecule has 0 fully saturated rings. The van der Waals surface area contributed by atoms with Gasteiger partial charge in [-0.05, 0) is 55.8 Å². The molecule has 0 bridgehead atoms. The smallest absolute Gasteiger partial charge is 0.320 e. The van der Waals surface area contributed by atoms with Crippen molar-refractivity contribution < 1.29 is 13.2 Å². The normalized spacial score (nSPS) is 15.9. The van der Waals surface area contributed by atoms with E-state index in [0.717, 1.165) is 53.0 Å². The molecule has 0 unspecified atom stereocenters. The van der Waals surface area contributed by atoms with Gasteiger partial charge in [-0.2, -0.15) is 13.2 Å². The topological polar surface area (TPSA) is 21.1 Å². The number of likely N-dealkylation sites (N-methyl/N-ethyl adjacent to an activating group) is 1. The summed E-state index contributed by atoms with van der Waals surface area (Å²) in [6, 6.07) is 7.99. The van der Waals surface area contributed by atoms with Crippen molar-refractivity contribution >= 4 is 22.7 Å². The summed E-state index contributed by atoms with van der Waals surface area (Å²) in [5, 5.41) is 0.889. The fraction of sp³-hybridized carbons (Fsp3) is 0.318. The molecule has 1 aromatic carbocycles. The van der Waals surface area contributed by atoms with E-state index in [1.807, 2.05) is 43.8 Å². The first kappa shape index (κ1) is 18.7. The molecule has 6 heteroatoms. The number of rotatable bonds is 2. The Morgan fingerprint density at radius 3 is 2.64 bits per heavy atom. The molecular weight excluding hydrogens is 363 g/mol. The summed E-state index contributed by atoms with van der Waals surface area (Å²) in [7, 11) is 2.04. The molecule has 1 aliphatic rings. The van der Waals surface area contributed by atoms with Crippen molar-refractivity contribution in [1.29, 1.82) is 0 Å². The van der Waals surface area contributed by atoms with Gasteiger partial charge in [0.2, 0.25) is 0 Å². The highest BCUT2D eigenvalue weighted by molar-refractivity contribution is 5.90. The number of benzene rings is 1. The Labute approximate surface area is 162 Å². The molecule has 0 radical (unpaired) electrons. The van der Waals surface area contributed by atoms with E-state index in [1.54, 1.807) is 12.3 Å². The zero-order valence-electron chi connectivity index (χ0n) is 16.1. The second-order valence-corrected chi connectivity index (χ2v) is 7.51. The first-order valence-electron chi connectivity index (χ1n) is 9.27. The molecule has 0 atom stereocenters. The molecule has 0 saturated carbocycles. The molecule has 0 N–H and O–H groups in total. The van der Waals surface area contributed by atoms with E-state index in [0.29, 0.717) is 5.52 Å². The number of fused-ring (bicyclic) bond motifs is 3. The van der Waals surface area contributed by atoms with E-state index in [1.165, 1.54) is 12.1 Å². The van der Waals surface area contributed by atoms with Crippen LogP contribution in [0.1, 0.15) is 35.0 Å². The molecular formula is C22H22F3N3. The Balaban J connectivity index is 1.92. The Bertz CT molecular complexity index is 1060. The Hall–Kier alpha value is -2.60. The summed E-state index contributed by atoms with van der Waals surface area (Å²) in [4.78, 5) is 6.53. The fourth-order valence-electron chi connectivity index (χ4n) is 3.82. The van der Waals surface area contributed by atoms with Gasteiger partial charge in [-0.25, -0.2) is 0 Å². The van der Waals surface area contributed by atoms with Crippen LogP contribution in [0.25, 0.3) is 22.7 Å². The molecule has 146 valence electrons. The number of aryl methyl sites for hydroxylation is 1. The summed E-state index contributed by atoms with van der Waals surface area (Å²) in [6.45, 7) is 5.51. The molecule has 4 rings (SSSR count). The van der Waals surface area contributed by atoms with Gasteiger partial charge in [0.05, 0.1) is 11.1 Å². The monoisotopic (exact) mass is 385 g/mol. The number of halogens is 3. The van der Waals surface area contributed by atoms with E-state index in [9.17, 15) is 13.2 Å². The van der Waals surface area contributed by atoms with Crippen LogP contribution in [-0.4, -0.2) is 28.0 Å². The minimum atomic E-state index is -4.36. The van der Waals surface area contributed by atoms with Crippen molar-refractivity contribution in [2.24, 2.45) is 0 Å². The van der Waals surface area contributed by atoms with E-state index in [2.05, 4.69) is 9.88 Å². The van der Waals surface area contributed by atoms with Crippen LogP contribution >= 0.6 is 0 Å². The molecule has 2 aromatic heterocycles. The van der Waals surface area contributed by atoms with Crippen molar-refractivity contribution in [3.8, 4) is 0 Å². The third-order valence-corrected chi connectivity index (χ3v) is 5.40. The van der Waals surface area contributed by atoms with Gasteiger partial charge in [-0.15, -0.1) is 0 Å². The summed E-state index contributed by atoms with van der Waals surface area (Å²) in [5.41, 5.74) is 5.04. The third-order valence-electron chi connectivity index (χ3n) is 5.40. The average Bonchev–Trinajstić information content (AvgIpc) is 2.94. The van der Waals surface area contributed by atoms with Gasteiger partial charge in [0, 0.05) is 48.7 Å². The third kappa shape index (κ3) is 3.33. The zero-order valence-corrected chi connectivity index (χ0v) is 16.1. The average molecular weight is 385 g/mol. The standard InChI is InChI=1S/C22H22F3N3/c1-14(16-5-4-15(2)26-11-16)12-28-20-8-9-27(3)13-19(20)18-7-6-17(10-21(18)28)22(23,24)25/h4-7,10-12H,8-9,13H2,1-3H3. The van der Waals surface area contributed by atoms with Gasteiger partial charge >= 0.3 is 6.18 Å². The van der Waals surface area contributed by atoms with Crippen LogP contribution in [0.3, 0.4) is 0 Å². The van der Waals surface area contributed by atoms with Gasteiger partial charge in [0.1, 0.15) is 0 Å². The Morgan fingerprint density at radius 2 is 1.96 bits per heavy atom. The SMILES string of the molecule is CC(=Cn1c2c(c3ccc(C(F)(F)F)cc31)CN(C)CC2)c1ccc(C)nc1. The minimum absolute atomic E-state index is 0.606. The highest BCUT2D eigenvalue weighted by atomic mass is 19.4. The van der Waals surface area contributed by atoms with Crippen molar-refractivity contribution in [2.45, 2.75) is 33.0 Å². The highest BCUT2D eigenvalue weighted by Crippen LogP contribution is 2.36. The number of allylic oxidation sites excluding steroid dienone is 1. The van der Waals surface area contributed by atoms with Crippen molar-refractivity contribution in [1.82, 2.24) is 14.5 Å². The maximum absolute atomic E-state index is 13.3. The molecule has 3 aromatic rings. The number of aromatic nitrogens is 2. The maximum atomic E-state index is 13.3. The summed E-state index contributed by atoms with van der Waals surface area (Å²) < 4.78 is 41.9. The van der Waals surface area contributed by atoms with Gasteiger partial charge in [0.25, 0.3) is 0 Å². The predicted octanol–water partition coefficient (Wildman–Crippen LogP) is 5.37. The lowest BCUT2D eigenvalue weighted by molar-refractivity contribution is -0.137. The first-order valence-corrected chi connectivity index (χ1v) is 9.27. The molecule has 0 amide bonds. The maximum Gasteiger partial charge on any atom is 0.416 e. The second-order valence-electron chi connectivity index (χ2n) is 7.51. The summed E-state index contributed by atoms with van der Waals surface area (Å²) in [6.07, 6.45) is 0.186. The number of nitrogens with zero attached hydrogens (tertiary/aromatic N) is 3. The number of alkyl halides is 3. The molecule has 3 heterocycles. The van der Waals surface area contributed by atoms with Crippen molar-refractivity contribution in [3.05, 3.63) is 64.6 Å². The molecule has 28 heavy (non-hydrogen) atoms. The van der Waals surface area contributed by atoms with Crippen LogP contribution in [-0.2, 0) is 19.1 Å². The quantitative estimate of drug-likeness (QED) is 0.591. The van der Waals surface area contributed by atoms with E-state index in [4.69, 9.17) is 0 Å². The molecule has 1 aliphatic heterocycles. The molecule has 0 saturated heterocycles. The fourth-order valence-corrected chi connectivity index (χ4v) is 3.82. The second kappa shape index (κ2) is 6.78. The van der Waals surface area contributed by atoms with Gasteiger partial charge in [0.15, 0.2) is 0 Å². The Kier molecular flexibility index (Phi) is 4.54. The molecule has 3 nitrogen and oxygen atoms in total. The molecule has 0 spiro atoms. The lowest BCUT2D eigenvalue weighted by atomic mass is 10.0. The van der Waals surface area contributed by atoms with Crippen molar-refractivity contribution in [3.63, 3.8) is 0 Å². The highest BCUT2D eigenvalue weighted by Gasteiger charge is 2.32.